The van der Waals surface area contributed by atoms with Gasteiger partial charge in [0.15, 0.2) is 8.32 Å². The molecule has 0 heterocycles. The summed E-state index contributed by atoms with van der Waals surface area (Å²) in [5.41, 5.74) is 3.48. The van der Waals surface area contributed by atoms with Crippen molar-refractivity contribution in [2.24, 2.45) is 23.2 Å². The van der Waals surface area contributed by atoms with Crippen molar-refractivity contribution in [1.82, 2.24) is 0 Å². The van der Waals surface area contributed by atoms with Gasteiger partial charge in [-0.15, -0.1) is 0 Å². The Morgan fingerprint density at radius 3 is 2.17 bits per heavy atom. The monoisotopic (exact) mass is 614 g/mol. The highest BCUT2D eigenvalue weighted by Crippen LogP contribution is 2.64. The van der Waals surface area contributed by atoms with Crippen molar-refractivity contribution < 1.29 is 14.0 Å². The second kappa shape index (κ2) is 12.6. The van der Waals surface area contributed by atoms with Crippen LogP contribution in [0.2, 0.25) is 36.3 Å². The zero-order valence-electron chi connectivity index (χ0n) is 29.4. The van der Waals surface area contributed by atoms with E-state index >= 15 is 0 Å². The second-order valence-corrected chi connectivity index (χ2v) is 27.2. The predicted octanol–water partition coefficient (Wildman–Crippen LogP) is 10.9. The molecule has 4 rings (SSSR count). The van der Waals surface area contributed by atoms with Crippen LogP contribution in [-0.4, -0.2) is 34.5 Å². The Morgan fingerprint density at radius 1 is 0.881 bits per heavy atom. The Morgan fingerprint density at radius 2 is 1.52 bits per heavy atom. The molecule has 0 spiro atoms. The zero-order valence-corrected chi connectivity index (χ0v) is 31.4. The fraction of sp³-hybridized carbons (Fsp3) is 0.838. The SMILES string of the molecule is CC(C)(C)[Si](C)(C)Oc1ccc2c(c1)CC[C@@H]1[C@@H]2CC[C@@]2(C)[C@H]1C[C@H](CCCCCCCO)[C@@H]2O[Si](C)(C)C(C)(C)C. The summed E-state index contributed by atoms with van der Waals surface area (Å²) >= 11 is 0. The van der Waals surface area contributed by atoms with Crippen LogP contribution in [0.3, 0.4) is 0 Å². The fourth-order valence-electron chi connectivity index (χ4n) is 8.25. The van der Waals surface area contributed by atoms with E-state index in [1.54, 1.807) is 11.1 Å². The van der Waals surface area contributed by atoms with E-state index in [4.69, 9.17) is 8.85 Å². The molecule has 1 N–H and O–H groups in total. The molecule has 0 aromatic heterocycles. The number of aliphatic hydroxyl groups is 1. The maximum atomic E-state index is 9.18. The van der Waals surface area contributed by atoms with E-state index in [0.29, 0.717) is 30.0 Å². The maximum absolute atomic E-state index is 9.18. The first kappa shape index (κ1) is 34.3. The summed E-state index contributed by atoms with van der Waals surface area (Å²) in [4.78, 5) is 0. The molecular weight excluding hydrogens is 549 g/mol. The molecule has 240 valence electrons. The lowest BCUT2D eigenvalue weighted by atomic mass is 9.55. The van der Waals surface area contributed by atoms with Gasteiger partial charge in [0.2, 0.25) is 8.32 Å². The van der Waals surface area contributed by atoms with Crippen LogP contribution in [0.25, 0.3) is 0 Å². The summed E-state index contributed by atoms with van der Waals surface area (Å²) in [6.45, 7) is 26.8. The number of benzene rings is 1. The normalized spacial score (nSPS) is 30.0. The molecule has 1 aromatic rings. The van der Waals surface area contributed by atoms with Crippen molar-refractivity contribution in [3.63, 3.8) is 0 Å². The van der Waals surface area contributed by atoms with Crippen LogP contribution in [0.1, 0.15) is 130 Å². The third-order valence-corrected chi connectivity index (χ3v) is 21.7. The lowest BCUT2D eigenvalue weighted by molar-refractivity contribution is -0.0264. The van der Waals surface area contributed by atoms with E-state index in [1.807, 2.05) is 0 Å². The van der Waals surface area contributed by atoms with Gasteiger partial charge in [0.25, 0.3) is 0 Å². The first-order valence-corrected chi connectivity index (χ1v) is 23.3. The Bertz CT molecular complexity index is 1050. The largest absolute Gasteiger partial charge is 0.543 e. The van der Waals surface area contributed by atoms with Gasteiger partial charge < -0.3 is 14.0 Å². The standard InChI is InChI=1S/C37H66O3Si2/c1-35(2,3)41(8,9)39-29-19-21-30-27(25-29)18-20-32-31(30)22-23-37(7)33(32)26-28(17-15-13-12-14-16-24-38)34(37)40-42(10,11)36(4,5)6/h19,21,25,28,31-34,38H,12-18,20,22-24,26H2,1-11H3/t28-,31+,32+,33-,34-,37-/m0/s1. The number of rotatable bonds is 11. The Hall–Kier alpha value is -0.626. The van der Waals surface area contributed by atoms with Gasteiger partial charge in [-0.05, 0) is 134 Å². The van der Waals surface area contributed by atoms with Crippen molar-refractivity contribution in [3.05, 3.63) is 29.3 Å². The summed E-state index contributed by atoms with van der Waals surface area (Å²) in [5, 5.41) is 9.63. The van der Waals surface area contributed by atoms with Gasteiger partial charge >= 0.3 is 0 Å². The second-order valence-electron chi connectivity index (χ2n) is 17.8. The van der Waals surface area contributed by atoms with Crippen molar-refractivity contribution >= 4 is 16.6 Å². The molecule has 3 aliphatic carbocycles. The predicted molar refractivity (Wildman–Crippen MR) is 185 cm³/mol. The molecule has 6 atom stereocenters. The van der Waals surface area contributed by atoms with Gasteiger partial charge in [-0.2, -0.15) is 0 Å². The third-order valence-electron chi connectivity index (χ3n) is 12.9. The van der Waals surface area contributed by atoms with Crippen molar-refractivity contribution in [2.75, 3.05) is 6.61 Å². The van der Waals surface area contributed by atoms with Crippen molar-refractivity contribution in [2.45, 2.75) is 167 Å². The van der Waals surface area contributed by atoms with E-state index in [9.17, 15) is 5.11 Å². The van der Waals surface area contributed by atoms with Crippen LogP contribution < -0.4 is 4.43 Å². The lowest BCUT2D eigenvalue weighted by Crippen LogP contribution is -2.51. The number of aryl methyl sites for hydroxylation is 1. The fourth-order valence-corrected chi connectivity index (χ4v) is 10.7. The summed E-state index contributed by atoms with van der Waals surface area (Å²) in [7, 11) is -3.72. The molecule has 1 aromatic carbocycles. The molecule has 3 nitrogen and oxygen atoms in total. The highest BCUT2D eigenvalue weighted by molar-refractivity contribution is 6.75. The first-order valence-electron chi connectivity index (χ1n) is 17.5. The molecule has 0 radical (unpaired) electrons. The Balaban J connectivity index is 1.55. The Labute approximate surface area is 262 Å². The molecular formula is C37H66O3Si2. The van der Waals surface area contributed by atoms with Gasteiger partial charge in [0, 0.05) is 6.61 Å². The first-order chi connectivity index (χ1) is 19.4. The van der Waals surface area contributed by atoms with E-state index in [1.165, 1.54) is 57.8 Å². The smallest absolute Gasteiger partial charge is 0.250 e. The lowest BCUT2D eigenvalue weighted by Gasteiger charge is -2.52. The number of unbranched alkanes of at least 4 members (excludes halogenated alkanes) is 4. The summed E-state index contributed by atoms with van der Waals surface area (Å²) in [5.74, 6) is 4.03. The summed E-state index contributed by atoms with van der Waals surface area (Å²) < 4.78 is 14.2. The number of hydrogen-bond acceptors (Lipinski definition) is 3. The minimum absolute atomic E-state index is 0.212. The van der Waals surface area contributed by atoms with Crippen LogP contribution in [0.15, 0.2) is 18.2 Å². The van der Waals surface area contributed by atoms with Crippen molar-refractivity contribution in [1.29, 1.82) is 0 Å². The van der Waals surface area contributed by atoms with Gasteiger partial charge in [-0.25, -0.2) is 0 Å². The van der Waals surface area contributed by atoms with Crippen LogP contribution >= 0.6 is 0 Å². The molecule has 2 saturated carbocycles. The van der Waals surface area contributed by atoms with E-state index in [2.05, 4.69) is 92.9 Å². The summed E-state index contributed by atoms with van der Waals surface area (Å²) in [6.07, 6.45) is 14.2. The van der Waals surface area contributed by atoms with Gasteiger partial charge in [0.1, 0.15) is 5.75 Å². The highest BCUT2D eigenvalue weighted by Gasteiger charge is 2.60. The molecule has 5 heteroatoms. The minimum atomic E-state index is -1.88. The van der Waals surface area contributed by atoms with Crippen LogP contribution in [-0.2, 0) is 10.8 Å². The topological polar surface area (TPSA) is 38.7 Å². The average molecular weight is 615 g/mol. The minimum Gasteiger partial charge on any atom is -0.543 e. The number of aliphatic hydroxyl groups excluding tert-OH is 1. The molecule has 42 heavy (non-hydrogen) atoms. The summed E-state index contributed by atoms with van der Waals surface area (Å²) in [6, 6.07) is 7.17. The Kier molecular flexibility index (Phi) is 10.3. The van der Waals surface area contributed by atoms with Gasteiger partial charge in [0.05, 0.1) is 6.10 Å². The van der Waals surface area contributed by atoms with Crippen LogP contribution in [0.5, 0.6) is 5.75 Å². The number of fused-ring (bicyclic) bond motifs is 5. The molecule has 2 fully saturated rings. The van der Waals surface area contributed by atoms with Gasteiger partial charge in [-0.1, -0.05) is 80.2 Å². The molecule has 3 aliphatic rings. The van der Waals surface area contributed by atoms with E-state index < -0.39 is 16.6 Å². The molecule has 0 amide bonds. The third kappa shape index (κ3) is 6.94. The van der Waals surface area contributed by atoms with Gasteiger partial charge in [-0.3, -0.25) is 0 Å². The van der Waals surface area contributed by atoms with Crippen LogP contribution in [0, 0.1) is 23.2 Å². The van der Waals surface area contributed by atoms with E-state index in [0.717, 1.165) is 30.4 Å². The quantitative estimate of drug-likeness (QED) is 0.199. The van der Waals surface area contributed by atoms with Crippen LogP contribution in [0.4, 0.5) is 0 Å². The molecule has 0 aliphatic heterocycles. The number of hydrogen-bond donors (Lipinski definition) is 1. The maximum Gasteiger partial charge on any atom is 0.250 e. The highest BCUT2D eigenvalue weighted by atomic mass is 28.4. The zero-order chi connectivity index (χ0) is 31.1. The molecule has 0 unspecified atom stereocenters. The van der Waals surface area contributed by atoms with E-state index in [-0.39, 0.29) is 10.1 Å². The average Bonchev–Trinajstić information content (AvgIpc) is 3.15. The molecule has 0 saturated heterocycles. The molecule has 0 bridgehead atoms. The van der Waals surface area contributed by atoms with Crippen molar-refractivity contribution in [3.8, 4) is 5.75 Å².